The molecule has 1 aromatic rings. The molecule has 0 aliphatic heterocycles. The average Bonchev–Trinajstić information content (AvgIpc) is 2.18. The van der Waals surface area contributed by atoms with E-state index in [1.54, 1.807) is 0 Å². The fraction of sp³-hybridized carbons (Fsp3) is 0.286. The maximum Gasteiger partial charge on any atom is -0.0228 e. The molecule has 0 heterocycles. The van der Waals surface area contributed by atoms with Gasteiger partial charge in [0.1, 0.15) is 0 Å². The van der Waals surface area contributed by atoms with Gasteiger partial charge < -0.3 is 0 Å². The molecule has 0 saturated heterocycles. The molecule has 0 nitrogen and oxygen atoms in total. The third kappa shape index (κ3) is 2.14. The van der Waals surface area contributed by atoms with Crippen LogP contribution in [0, 0.1) is 13.8 Å². The number of rotatable bonds is 2. The number of hydrogen-bond donors (Lipinski definition) is 0. The normalized spacial score (nSPS) is 11.7. The Labute approximate surface area is 87.0 Å². The Morgan fingerprint density at radius 3 is 1.43 bits per heavy atom. The molecule has 0 fully saturated rings. The highest BCUT2D eigenvalue weighted by Gasteiger charge is 2.01. The van der Waals surface area contributed by atoms with Crippen LogP contribution in [0.15, 0.2) is 24.3 Å². The lowest BCUT2D eigenvalue weighted by molar-refractivity contribution is 1.31. The summed E-state index contributed by atoms with van der Waals surface area (Å²) in [6.45, 7) is 8.46. The minimum atomic E-state index is 1.32. The molecule has 0 aromatic heterocycles. The SMILES string of the molecule is CC=Cc1ccc(C=CC)c(C)c1C. The summed E-state index contributed by atoms with van der Waals surface area (Å²) in [6, 6.07) is 4.36. The highest BCUT2D eigenvalue weighted by Crippen LogP contribution is 2.20. The van der Waals surface area contributed by atoms with Crippen LogP contribution in [-0.4, -0.2) is 0 Å². The molecule has 74 valence electrons. The highest BCUT2D eigenvalue weighted by atomic mass is 14.1. The van der Waals surface area contributed by atoms with Crippen LogP contribution in [0.3, 0.4) is 0 Å². The lowest BCUT2D eigenvalue weighted by Crippen LogP contribution is -1.89. The number of allylic oxidation sites excluding steroid dienone is 2. The minimum absolute atomic E-state index is 1.32. The van der Waals surface area contributed by atoms with Crippen molar-refractivity contribution < 1.29 is 0 Å². The fourth-order valence-corrected chi connectivity index (χ4v) is 1.58. The summed E-state index contributed by atoms with van der Waals surface area (Å²) in [6.07, 6.45) is 8.47. The topological polar surface area (TPSA) is 0 Å². The Morgan fingerprint density at radius 1 is 0.786 bits per heavy atom. The van der Waals surface area contributed by atoms with Gasteiger partial charge in [0.2, 0.25) is 0 Å². The molecule has 0 atom stereocenters. The van der Waals surface area contributed by atoms with Crippen molar-refractivity contribution in [3.8, 4) is 0 Å². The summed E-state index contributed by atoms with van der Waals surface area (Å²) < 4.78 is 0. The van der Waals surface area contributed by atoms with Gasteiger partial charge in [0.15, 0.2) is 0 Å². The monoisotopic (exact) mass is 186 g/mol. The summed E-state index contributed by atoms with van der Waals surface area (Å²) in [5.74, 6) is 0. The Kier molecular flexibility index (Phi) is 3.70. The van der Waals surface area contributed by atoms with Crippen LogP contribution in [0.1, 0.15) is 36.1 Å². The quantitative estimate of drug-likeness (QED) is 0.643. The molecule has 1 rings (SSSR count). The zero-order valence-corrected chi connectivity index (χ0v) is 9.46. The van der Waals surface area contributed by atoms with E-state index in [0.29, 0.717) is 0 Å². The third-order valence-electron chi connectivity index (χ3n) is 2.56. The van der Waals surface area contributed by atoms with Crippen LogP contribution in [0.2, 0.25) is 0 Å². The first kappa shape index (κ1) is 10.8. The molecule has 0 bridgehead atoms. The van der Waals surface area contributed by atoms with Crippen molar-refractivity contribution in [2.75, 3.05) is 0 Å². The van der Waals surface area contributed by atoms with E-state index in [1.165, 1.54) is 22.3 Å². The fourth-order valence-electron chi connectivity index (χ4n) is 1.58. The summed E-state index contributed by atoms with van der Waals surface area (Å²) in [5, 5.41) is 0. The van der Waals surface area contributed by atoms with E-state index in [0.717, 1.165) is 0 Å². The molecular weight excluding hydrogens is 168 g/mol. The predicted octanol–water partition coefficient (Wildman–Crippen LogP) is 4.37. The van der Waals surface area contributed by atoms with E-state index in [2.05, 4.69) is 64.1 Å². The maximum absolute atomic E-state index is 2.18. The first-order valence-corrected chi connectivity index (χ1v) is 5.06. The Morgan fingerprint density at radius 2 is 1.14 bits per heavy atom. The van der Waals surface area contributed by atoms with E-state index in [9.17, 15) is 0 Å². The average molecular weight is 186 g/mol. The van der Waals surface area contributed by atoms with Gasteiger partial charge in [0, 0.05) is 0 Å². The highest BCUT2D eigenvalue weighted by molar-refractivity contribution is 5.63. The summed E-state index contributed by atoms with van der Waals surface area (Å²) in [5.41, 5.74) is 5.38. The molecule has 1 aromatic carbocycles. The van der Waals surface area contributed by atoms with Crippen LogP contribution >= 0.6 is 0 Å². The van der Waals surface area contributed by atoms with Crippen molar-refractivity contribution in [3.05, 3.63) is 46.5 Å². The molecule has 0 aliphatic rings. The van der Waals surface area contributed by atoms with Crippen LogP contribution < -0.4 is 0 Å². The van der Waals surface area contributed by atoms with Crippen LogP contribution in [0.5, 0.6) is 0 Å². The van der Waals surface area contributed by atoms with Gasteiger partial charge in [0.05, 0.1) is 0 Å². The maximum atomic E-state index is 2.18. The molecule has 0 radical (unpaired) electrons. The summed E-state index contributed by atoms with van der Waals surface area (Å²) >= 11 is 0. The molecule has 0 saturated carbocycles. The van der Waals surface area contributed by atoms with Crippen molar-refractivity contribution >= 4 is 12.2 Å². The zero-order valence-electron chi connectivity index (χ0n) is 9.46. The summed E-state index contributed by atoms with van der Waals surface area (Å²) in [7, 11) is 0. The van der Waals surface area contributed by atoms with Crippen molar-refractivity contribution in [3.63, 3.8) is 0 Å². The summed E-state index contributed by atoms with van der Waals surface area (Å²) in [4.78, 5) is 0. The van der Waals surface area contributed by atoms with Crippen LogP contribution in [-0.2, 0) is 0 Å². The second kappa shape index (κ2) is 4.80. The van der Waals surface area contributed by atoms with Gasteiger partial charge in [-0.05, 0) is 49.9 Å². The van der Waals surface area contributed by atoms with Gasteiger partial charge in [-0.15, -0.1) is 0 Å². The van der Waals surface area contributed by atoms with E-state index in [4.69, 9.17) is 0 Å². The van der Waals surface area contributed by atoms with Crippen LogP contribution in [0.25, 0.3) is 12.2 Å². The molecule has 0 spiro atoms. The van der Waals surface area contributed by atoms with E-state index >= 15 is 0 Å². The Hall–Kier alpha value is -1.30. The van der Waals surface area contributed by atoms with Crippen molar-refractivity contribution in [2.45, 2.75) is 27.7 Å². The molecule has 0 heteroatoms. The third-order valence-corrected chi connectivity index (χ3v) is 2.56. The van der Waals surface area contributed by atoms with Gasteiger partial charge in [-0.1, -0.05) is 36.4 Å². The van der Waals surface area contributed by atoms with Gasteiger partial charge >= 0.3 is 0 Å². The number of benzene rings is 1. The van der Waals surface area contributed by atoms with Crippen molar-refractivity contribution in [1.29, 1.82) is 0 Å². The van der Waals surface area contributed by atoms with E-state index in [1.807, 2.05) is 0 Å². The standard InChI is InChI=1S/C14H18/c1-5-7-13-9-10-14(8-6-2)12(4)11(13)3/h5-10H,1-4H3. The molecule has 0 aliphatic carbocycles. The lowest BCUT2D eigenvalue weighted by atomic mass is 9.97. The van der Waals surface area contributed by atoms with Gasteiger partial charge in [-0.2, -0.15) is 0 Å². The van der Waals surface area contributed by atoms with E-state index in [-0.39, 0.29) is 0 Å². The van der Waals surface area contributed by atoms with Crippen molar-refractivity contribution in [1.82, 2.24) is 0 Å². The molecule has 14 heavy (non-hydrogen) atoms. The second-order valence-corrected chi connectivity index (χ2v) is 3.49. The molecule has 0 amide bonds. The first-order chi connectivity index (χ1) is 6.70. The molecule has 0 N–H and O–H groups in total. The van der Waals surface area contributed by atoms with Crippen LogP contribution in [0.4, 0.5) is 0 Å². The number of hydrogen-bond acceptors (Lipinski definition) is 0. The van der Waals surface area contributed by atoms with Gasteiger partial charge in [-0.3, -0.25) is 0 Å². The van der Waals surface area contributed by atoms with Gasteiger partial charge in [-0.25, -0.2) is 0 Å². The second-order valence-electron chi connectivity index (χ2n) is 3.49. The predicted molar refractivity (Wildman–Crippen MR) is 65.3 cm³/mol. The van der Waals surface area contributed by atoms with Crippen molar-refractivity contribution in [2.24, 2.45) is 0 Å². The largest absolute Gasteiger partial charge is 0.0871 e. The Bertz CT molecular complexity index is 331. The van der Waals surface area contributed by atoms with Gasteiger partial charge in [0.25, 0.3) is 0 Å². The molecular formula is C14H18. The molecule has 0 unspecified atom stereocenters. The van der Waals surface area contributed by atoms with E-state index < -0.39 is 0 Å². The first-order valence-electron chi connectivity index (χ1n) is 5.06. The Balaban J connectivity index is 3.25. The smallest absolute Gasteiger partial charge is 0.0228 e. The zero-order chi connectivity index (χ0) is 10.6. The minimum Gasteiger partial charge on any atom is -0.0871 e. The lowest BCUT2D eigenvalue weighted by Gasteiger charge is -2.08.